The zero-order valence-corrected chi connectivity index (χ0v) is 18.6. The zero-order chi connectivity index (χ0) is 24.4. The van der Waals surface area contributed by atoms with E-state index in [9.17, 15) is 15.3 Å². The Morgan fingerprint density at radius 2 is 1.85 bits per heavy atom. The molecule has 3 aromatic rings. The van der Waals surface area contributed by atoms with E-state index in [0.717, 1.165) is 0 Å². The molecule has 1 aromatic carbocycles. The van der Waals surface area contributed by atoms with Crippen LogP contribution in [0.4, 0.5) is 11.8 Å². The maximum absolute atomic E-state index is 10.3. The number of nitrogen functional groups attached to an aromatic ring is 1. The summed E-state index contributed by atoms with van der Waals surface area (Å²) in [5.41, 5.74) is 9.88. The van der Waals surface area contributed by atoms with Crippen molar-refractivity contribution in [2.24, 2.45) is 5.10 Å². The van der Waals surface area contributed by atoms with Crippen molar-refractivity contribution in [1.82, 2.24) is 19.5 Å². The number of hydrogen-bond acceptors (Lipinski definition) is 13. The average Bonchev–Trinajstić information content (AvgIpc) is 3.39. The molecule has 34 heavy (non-hydrogen) atoms. The Kier molecular flexibility index (Phi) is 6.65. The second kappa shape index (κ2) is 9.64. The molecular weight excluding hydrogens is 450 g/mol. The second-order valence-electron chi connectivity index (χ2n) is 7.31. The molecule has 0 bridgehead atoms. The zero-order valence-electron chi connectivity index (χ0n) is 18.6. The van der Waals surface area contributed by atoms with Crippen molar-refractivity contribution < 1.29 is 34.3 Å². The highest BCUT2D eigenvalue weighted by molar-refractivity contribution is 5.84. The predicted molar refractivity (Wildman–Crippen MR) is 120 cm³/mol. The molecule has 0 aliphatic carbocycles. The predicted octanol–water partition coefficient (Wildman–Crippen LogP) is -0.508. The molecule has 1 aliphatic rings. The monoisotopic (exact) mass is 475 g/mol. The molecule has 0 amide bonds. The van der Waals surface area contributed by atoms with Crippen molar-refractivity contribution in [1.29, 1.82) is 0 Å². The summed E-state index contributed by atoms with van der Waals surface area (Å²) >= 11 is 0. The minimum Gasteiger partial charge on any atom is -0.493 e. The number of hydrogen-bond donors (Lipinski definition) is 5. The largest absolute Gasteiger partial charge is 0.493 e. The molecule has 0 saturated carbocycles. The maximum Gasteiger partial charge on any atom is 0.247 e. The van der Waals surface area contributed by atoms with Gasteiger partial charge in [-0.1, -0.05) is 0 Å². The number of nitrogens with two attached hydrogens (primary N) is 1. The summed E-state index contributed by atoms with van der Waals surface area (Å²) in [5, 5.41) is 33.9. The van der Waals surface area contributed by atoms with Crippen LogP contribution in [0.3, 0.4) is 0 Å². The van der Waals surface area contributed by atoms with Crippen molar-refractivity contribution in [3.63, 3.8) is 0 Å². The van der Waals surface area contributed by atoms with Gasteiger partial charge in [-0.25, -0.2) is 10.4 Å². The van der Waals surface area contributed by atoms with Crippen molar-refractivity contribution in [3.05, 3.63) is 24.0 Å². The normalized spacial score (nSPS) is 22.4. The van der Waals surface area contributed by atoms with Crippen LogP contribution in [-0.4, -0.2) is 87.3 Å². The molecule has 4 unspecified atom stereocenters. The molecule has 14 nitrogen and oxygen atoms in total. The van der Waals surface area contributed by atoms with E-state index in [0.29, 0.717) is 22.8 Å². The van der Waals surface area contributed by atoms with Gasteiger partial charge >= 0.3 is 0 Å². The average molecular weight is 475 g/mol. The van der Waals surface area contributed by atoms with Crippen molar-refractivity contribution >= 4 is 29.1 Å². The minimum absolute atomic E-state index is 0.0576. The lowest BCUT2D eigenvalue weighted by Gasteiger charge is -2.16. The first-order valence-electron chi connectivity index (χ1n) is 10.1. The second-order valence-corrected chi connectivity index (χ2v) is 7.31. The lowest BCUT2D eigenvalue weighted by Crippen LogP contribution is -2.33. The van der Waals surface area contributed by atoms with Crippen LogP contribution < -0.4 is 25.4 Å². The lowest BCUT2D eigenvalue weighted by molar-refractivity contribution is -0.0511. The number of aliphatic hydroxyl groups excluding tert-OH is 3. The number of aromatic nitrogens is 4. The molecular formula is C20H25N7O7. The SMILES string of the molecule is COc1cc(/C=N/Nc2nc(N)c3ncn(C4OC(CO)C(O)C4O)c3n2)cc(OC)c1OC. The van der Waals surface area contributed by atoms with Gasteiger partial charge in [0, 0.05) is 5.56 Å². The fraction of sp³-hybridized carbons (Fsp3) is 0.400. The van der Waals surface area contributed by atoms with Gasteiger partial charge in [0.1, 0.15) is 23.8 Å². The summed E-state index contributed by atoms with van der Waals surface area (Å²) in [5.74, 6) is 1.51. The van der Waals surface area contributed by atoms with Crippen LogP contribution in [0, 0.1) is 0 Å². The Hall–Kier alpha value is -3.72. The summed E-state index contributed by atoms with van der Waals surface area (Å²) in [4.78, 5) is 12.7. The highest BCUT2D eigenvalue weighted by Crippen LogP contribution is 2.38. The number of nitrogens with one attached hydrogen (secondary N) is 1. The fourth-order valence-corrected chi connectivity index (χ4v) is 3.62. The van der Waals surface area contributed by atoms with Gasteiger partial charge in [0.15, 0.2) is 29.2 Å². The van der Waals surface area contributed by atoms with Gasteiger partial charge in [-0.05, 0) is 12.1 Å². The van der Waals surface area contributed by atoms with Crippen LogP contribution >= 0.6 is 0 Å². The van der Waals surface area contributed by atoms with Gasteiger partial charge < -0.3 is 40.0 Å². The first-order chi connectivity index (χ1) is 16.4. The number of hydrazone groups is 1. The number of ether oxygens (including phenoxy) is 4. The number of imidazole rings is 1. The molecule has 6 N–H and O–H groups in total. The molecule has 4 atom stereocenters. The van der Waals surface area contributed by atoms with Crippen LogP contribution in [0.2, 0.25) is 0 Å². The topological polar surface area (TPSA) is 192 Å². The highest BCUT2D eigenvalue weighted by atomic mass is 16.6. The number of benzene rings is 1. The van der Waals surface area contributed by atoms with Crippen molar-refractivity contribution in [2.75, 3.05) is 39.1 Å². The van der Waals surface area contributed by atoms with Crippen LogP contribution in [0.5, 0.6) is 17.2 Å². The molecule has 3 heterocycles. The van der Waals surface area contributed by atoms with Gasteiger partial charge in [0.25, 0.3) is 0 Å². The summed E-state index contributed by atoms with van der Waals surface area (Å²) < 4.78 is 22.9. The Morgan fingerprint density at radius 1 is 1.15 bits per heavy atom. The number of methoxy groups -OCH3 is 3. The number of anilines is 2. The van der Waals surface area contributed by atoms with Gasteiger partial charge in [0.05, 0.1) is 40.5 Å². The van der Waals surface area contributed by atoms with Gasteiger partial charge in [0.2, 0.25) is 11.7 Å². The Balaban J connectivity index is 1.60. The van der Waals surface area contributed by atoms with E-state index >= 15 is 0 Å². The number of nitrogens with zero attached hydrogens (tertiary/aromatic N) is 5. The van der Waals surface area contributed by atoms with Gasteiger partial charge in [-0.2, -0.15) is 15.1 Å². The molecule has 1 aliphatic heterocycles. The first kappa shape index (κ1) is 23.4. The van der Waals surface area contributed by atoms with E-state index in [2.05, 4.69) is 25.5 Å². The summed E-state index contributed by atoms with van der Waals surface area (Å²) in [6.45, 7) is -0.457. The highest BCUT2D eigenvalue weighted by Gasteiger charge is 2.44. The fourth-order valence-electron chi connectivity index (χ4n) is 3.62. The molecule has 4 rings (SSSR count). The van der Waals surface area contributed by atoms with Crippen molar-refractivity contribution in [3.8, 4) is 17.2 Å². The van der Waals surface area contributed by atoms with E-state index < -0.39 is 31.1 Å². The third-order valence-corrected chi connectivity index (χ3v) is 5.30. The Morgan fingerprint density at radius 3 is 2.44 bits per heavy atom. The van der Waals surface area contributed by atoms with E-state index in [1.54, 1.807) is 12.1 Å². The first-order valence-corrected chi connectivity index (χ1v) is 10.1. The van der Waals surface area contributed by atoms with Crippen LogP contribution in [0.15, 0.2) is 23.6 Å². The maximum atomic E-state index is 10.3. The summed E-state index contributed by atoms with van der Waals surface area (Å²) in [7, 11) is 4.54. The third-order valence-electron chi connectivity index (χ3n) is 5.30. The summed E-state index contributed by atoms with van der Waals surface area (Å²) in [6.07, 6.45) is -1.69. The number of aliphatic hydroxyl groups is 3. The molecule has 0 spiro atoms. The number of fused-ring (bicyclic) bond motifs is 1. The summed E-state index contributed by atoms with van der Waals surface area (Å²) in [6, 6.07) is 3.42. The molecule has 14 heteroatoms. The van der Waals surface area contributed by atoms with Gasteiger partial charge in [-0.3, -0.25) is 4.57 Å². The van der Waals surface area contributed by atoms with E-state index in [1.165, 1.54) is 38.4 Å². The van der Waals surface area contributed by atoms with Crippen LogP contribution in [0.25, 0.3) is 11.2 Å². The lowest BCUT2D eigenvalue weighted by atomic mass is 10.1. The third kappa shape index (κ3) is 4.14. The molecule has 2 aromatic heterocycles. The smallest absolute Gasteiger partial charge is 0.247 e. The molecule has 1 fully saturated rings. The Labute approximate surface area is 193 Å². The van der Waals surface area contributed by atoms with Gasteiger partial charge in [-0.15, -0.1) is 0 Å². The Bertz CT molecular complexity index is 1180. The molecule has 1 saturated heterocycles. The minimum atomic E-state index is -1.31. The van der Waals surface area contributed by atoms with Crippen LogP contribution in [-0.2, 0) is 4.74 Å². The van der Waals surface area contributed by atoms with E-state index in [4.69, 9.17) is 24.7 Å². The molecule has 0 radical (unpaired) electrons. The quantitative estimate of drug-likeness (QED) is 0.207. The van der Waals surface area contributed by atoms with E-state index in [-0.39, 0.29) is 22.9 Å². The van der Waals surface area contributed by atoms with Crippen molar-refractivity contribution in [2.45, 2.75) is 24.5 Å². The standard InChI is InChI=1S/C20H25N7O7/c1-31-10-4-9(5-11(32-2)16(10)33-3)6-23-26-20-24-17(21)13-18(25-20)27(8-22-13)19-15(30)14(29)12(7-28)34-19/h4-6,8,12,14-15,19,28-30H,7H2,1-3H3,(H3,21,24,25,26)/b23-6+. The molecule has 182 valence electrons. The van der Waals surface area contributed by atoms with E-state index in [1.807, 2.05) is 0 Å². The number of rotatable bonds is 8. The van der Waals surface area contributed by atoms with Crippen LogP contribution in [0.1, 0.15) is 11.8 Å².